The highest BCUT2D eigenvalue weighted by Gasteiger charge is 2.27. The summed E-state index contributed by atoms with van der Waals surface area (Å²) in [5.74, 6) is 0.734. The van der Waals surface area contributed by atoms with Gasteiger partial charge in [0, 0.05) is 38.1 Å². The van der Waals surface area contributed by atoms with Crippen molar-refractivity contribution in [2.75, 3.05) is 36.5 Å². The van der Waals surface area contributed by atoms with Crippen LogP contribution in [0.1, 0.15) is 5.69 Å². The monoisotopic (exact) mass is 302 g/mol. The third-order valence-corrected chi connectivity index (χ3v) is 3.55. The summed E-state index contributed by atoms with van der Waals surface area (Å²) in [4.78, 5) is 24.6. The van der Waals surface area contributed by atoms with E-state index in [2.05, 4.69) is 15.1 Å². The number of aryl methyl sites for hydroxylation is 2. The van der Waals surface area contributed by atoms with Gasteiger partial charge in [0.2, 0.25) is 5.91 Å². The summed E-state index contributed by atoms with van der Waals surface area (Å²) in [6.45, 7) is 3.44. The molecule has 3 rings (SSSR count). The second-order valence-corrected chi connectivity index (χ2v) is 5.19. The molecule has 0 atom stereocenters. The van der Waals surface area contributed by atoms with Gasteiger partial charge >= 0.3 is 6.01 Å². The van der Waals surface area contributed by atoms with Gasteiger partial charge in [0.15, 0.2) is 0 Å². The number of anilines is 2. The average Bonchev–Trinajstić information content (AvgIpc) is 2.92. The van der Waals surface area contributed by atoms with Gasteiger partial charge < -0.3 is 14.5 Å². The average molecular weight is 302 g/mol. The van der Waals surface area contributed by atoms with Crippen molar-refractivity contribution in [3.05, 3.63) is 24.2 Å². The van der Waals surface area contributed by atoms with Crippen LogP contribution in [0, 0.1) is 6.92 Å². The van der Waals surface area contributed by atoms with E-state index in [1.54, 1.807) is 15.8 Å². The minimum atomic E-state index is 0.0227. The molecule has 0 bridgehead atoms. The third kappa shape index (κ3) is 2.72. The molecule has 1 aliphatic rings. The number of methoxy groups -OCH3 is 1. The van der Waals surface area contributed by atoms with Crippen LogP contribution in [0.2, 0.25) is 0 Å². The molecule has 2 aromatic heterocycles. The lowest BCUT2D eigenvalue weighted by Gasteiger charge is -2.34. The van der Waals surface area contributed by atoms with Crippen LogP contribution in [0.5, 0.6) is 6.01 Å². The van der Waals surface area contributed by atoms with E-state index < -0.39 is 0 Å². The van der Waals surface area contributed by atoms with E-state index in [0.717, 1.165) is 11.4 Å². The minimum absolute atomic E-state index is 0.0227. The number of amides is 1. The standard InChI is InChI=1S/C14H18N6O2/c1-10-6-12(17-14(16-10)22-3)19-4-5-20(13(21)9-19)11-7-15-18(2)8-11/h6-8H,4-5,9H2,1-3H3. The molecular formula is C14H18N6O2. The van der Waals surface area contributed by atoms with Crippen molar-refractivity contribution in [2.24, 2.45) is 7.05 Å². The fourth-order valence-electron chi connectivity index (χ4n) is 2.47. The summed E-state index contributed by atoms with van der Waals surface area (Å²) < 4.78 is 6.78. The second kappa shape index (κ2) is 5.63. The van der Waals surface area contributed by atoms with Gasteiger partial charge in [0.25, 0.3) is 0 Å². The van der Waals surface area contributed by atoms with Crippen molar-refractivity contribution in [3.63, 3.8) is 0 Å². The lowest BCUT2D eigenvalue weighted by molar-refractivity contribution is -0.117. The normalized spacial score (nSPS) is 15.3. The van der Waals surface area contributed by atoms with Crippen LogP contribution in [-0.2, 0) is 11.8 Å². The lowest BCUT2D eigenvalue weighted by Crippen LogP contribution is -2.50. The predicted octanol–water partition coefficient (Wildman–Crippen LogP) is 0.380. The largest absolute Gasteiger partial charge is 0.467 e. The van der Waals surface area contributed by atoms with Crippen LogP contribution in [0.4, 0.5) is 11.5 Å². The number of carbonyl (C=O) groups excluding carboxylic acids is 1. The Morgan fingerprint density at radius 1 is 1.27 bits per heavy atom. The minimum Gasteiger partial charge on any atom is -0.467 e. The van der Waals surface area contributed by atoms with E-state index in [1.807, 2.05) is 31.1 Å². The van der Waals surface area contributed by atoms with Crippen molar-refractivity contribution in [2.45, 2.75) is 6.92 Å². The number of piperazine rings is 1. The molecule has 116 valence electrons. The van der Waals surface area contributed by atoms with Crippen molar-refractivity contribution in [1.82, 2.24) is 19.7 Å². The van der Waals surface area contributed by atoms with E-state index in [4.69, 9.17) is 4.74 Å². The zero-order valence-electron chi connectivity index (χ0n) is 12.9. The van der Waals surface area contributed by atoms with Gasteiger partial charge in [-0.15, -0.1) is 0 Å². The number of ether oxygens (including phenoxy) is 1. The first-order chi connectivity index (χ1) is 10.6. The molecule has 0 spiro atoms. The Balaban J connectivity index is 1.77. The molecule has 1 saturated heterocycles. The second-order valence-electron chi connectivity index (χ2n) is 5.19. The van der Waals surface area contributed by atoms with E-state index in [9.17, 15) is 4.79 Å². The lowest BCUT2D eigenvalue weighted by atomic mass is 10.2. The smallest absolute Gasteiger partial charge is 0.318 e. The first kappa shape index (κ1) is 14.3. The maximum atomic E-state index is 12.4. The molecule has 0 aromatic carbocycles. The Morgan fingerprint density at radius 2 is 2.09 bits per heavy atom. The highest BCUT2D eigenvalue weighted by molar-refractivity contribution is 5.97. The molecule has 1 amide bonds. The van der Waals surface area contributed by atoms with E-state index >= 15 is 0 Å². The molecule has 1 fully saturated rings. The van der Waals surface area contributed by atoms with Crippen LogP contribution in [0.15, 0.2) is 18.5 Å². The van der Waals surface area contributed by atoms with E-state index in [1.165, 1.54) is 7.11 Å². The molecule has 0 radical (unpaired) electrons. The molecule has 1 aliphatic heterocycles. The molecule has 0 unspecified atom stereocenters. The molecule has 8 heteroatoms. The highest BCUT2D eigenvalue weighted by Crippen LogP contribution is 2.21. The Hall–Kier alpha value is -2.64. The molecular weight excluding hydrogens is 284 g/mol. The quantitative estimate of drug-likeness (QED) is 0.816. The third-order valence-electron chi connectivity index (χ3n) is 3.55. The molecule has 0 aliphatic carbocycles. The maximum Gasteiger partial charge on any atom is 0.318 e. The summed E-state index contributed by atoms with van der Waals surface area (Å²) in [5, 5.41) is 4.11. The molecule has 8 nitrogen and oxygen atoms in total. The van der Waals surface area contributed by atoms with Gasteiger partial charge in [0.05, 0.1) is 25.5 Å². The van der Waals surface area contributed by atoms with Crippen LogP contribution in [0.25, 0.3) is 0 Å². The van der Waals surface area contributed by atoms with Gasteiger partial charge in [0.1, 0.15) is 5.82 Å². The fraction of sp³-hybridized carbons (Fsp3) is 0.429. The van der Waals surface area contributed by atoms with E-state index in [0.29, 0.717) is 24.9 Å². The molecule has 3 heterocycles. The Bertz CT molecular complexity index is 698. The number of hydrogen-bond donors (Lipinski definition) is 0. The highest BCUT2D eigenvalue weighted by atomic mass is 16.5. The first-order valence-corrected chi connectivity index (χ1v) is 7.00. The molecule has 0 saturated carbocycles. The van der Waals surface area contributed by atoms with Crippen LogP contribution >= 0.6 is 0 Å². The number of carbonyl (C=O) groups is 1. The Kier molecular flexibility index (Phi) is 3.66. The van der Waals surface area contributed by atoms with Crippen LogP contribution < -0.4 is 14.5 Å². The zero-order valence-corrected chi connectivity index (χ0v) is 12.9. The van der Waals surface area contributed by atoms with Crippen molar-refractivity contribution in [3.8, 4) is 6.01 Å². The van der Waals surface area contributed by atoms with Gasteiger partial charge in [-0.25, -0.2) is 4.98 Å². The van der Waals surface area contributed by atoms with Crippen LogP contribution in [0.3, 0.4) is 0 Å². The number of rotatable bonds is 3. The summed E-state index contributed by atoms with van der Waals surface area (Å²) in [6.07, 6.45) is 3.54. The summed E-state index contributed by atoms with van der Waals surface area (Å²) in [7, 11) is 3.37. The summed E-state index contributed by atoms with van der Waals surface area (Å²) in [6, 6.07) is 2.17. The van der Waals surface area contributed by atoms with Gasteiger partial charge in [-0.2, -0.15) is 10.1 Å². The fourth-order valence-corrected chi connectivity index (χ4v) is 2.47. The maximum absolute atomic E-state index is 12.4. The van der Waals surface area contributed by atoms with Gasteiger partial charge in [-0.3, -0.25) is 9.48 Å². The summed E-state index contributed by atoms with van der Waals surface area (Å²) in [5.41, 5.74) is 1.63. The molecule has 2 aromatic rings. The SMILES string of the molecule is COc1nc(C)cc(N2CCN(c3cnn(C)c3)C(=O)C2)n1. The number of hydrogen-bond acceptors (Lipinski definition) is 6. The van der Waals surface area contributed by atoms with Gasteiger partial charge in [-0.1, -0.05) is 0 Å². The summed E-state index contributed by atoms with van der Waals surface area (Å²) >= 11 is 0. The van der Waals surface area contributed by atoms with E-state index in [-0.39, 0.29) is 12.5 Å². The topological polar surface area (TPSA) is 76.4 Å². The first-order valence-electron chi connectivity index (χ1n) is 7.00. The molecule has 22 heavy (non-hydrogen) atoms. The molecule has 0 N–H and O–H groups in total. The van der Waals surface area contributed by atoms with Gasteiger partial charge in [-0.05, 0) is 6.92 Å². The Morgan fingerprint density at radius 3 is 2.73 bits per heavy atom. The Labute approximate surface area is 128 Å². The zero-order chi connectivity index (χ0) is 15.7. The van der Waals surface area contributed by atoms with Crippen molar-refractivity contribution in [1.29, 1.82) is 0 Å². The number of nitrogens with zero attached hydrogens (tertiary/aromatic N) is 6. The predicted molar refractivity (Wildman–Crippen MR) is 81.1 cm³/mol. The van der Waals surface area contributed by atoms with Crippen molar-refractivity contribution < 1.29 is 9.53 Å². The number of aromatic nitrogens is 4. The van der Waals surface area contributed by atoms with Crippen molar-refractivity contribution >= 4 is 17.4 Å². The van der Waals surface area contributed by atoms with Crippen LogP contribution in [-0.4, -0.2) is 52.4 Å².